The number of rotatable bonds is 16. The molecule has 0 bridgehead atoms. The molecule has 14 nitrogen and oxygen atoms in total. The second-order valence-corrected chi connectivity index (χ2v) is 30.1. The summed E-state index contributed by atoms with van der Waals surface area (Å²) in [5.41, 5.74) is 32.6. The standard InChI is InChI=1S/C40H29BN4.C34H25BN4.C32H23BN6/c1-2-8-30(9-3-1)31-14-20-36(21-15-31)41-44(37-22-16-32(17-23-37)34-10-6-26-42-28-34)39-12-4-5-13-40(39)45(41)38-24-18-33(19-25-38)35-11-7-27-43-29-35;1-3-9-26(10-4-1)28-15-19-30(20-16-28)35-38(31-21-17-29(18-22-31)27-11-5-2-6-12-27)33-13-7-8-14-34(33)39(35)32-23-36-25-37-24-32;1-3-9-28(10-4-1)33-38(29-11-5-2-6-12-29)31-13-7-8-14-32(31)39(33)30-16-24(26-18-34-22-35-19-26)15-25(17-30)27-20-36-23-37-21-27/h1-29H;1-25H;1-23H. The number of hydrogen-bond donors (Lipinski definition) is 0. The van der Waals surface area contributed by atoms with Crippen molar-refractivity contribution in [1.29, 1.82) is 0 Å². The predicted octanol–water partition coefficient (Wildman–Crippen LogP) is 22.9. The molecule has 0 saturated heterocycles. The highest BCUT2D eigenvalue weighted by atomic mass is 15.3. The van der Waals surface area contributed by atoms with Gasteiger partial charge in [0.05, 0.1) is 52.2 Å². The Bertz CT molecular complexity index is 6580. The zero-order valence-electron chi connectivity index (χ0n) is 66.9. The van der Waals surface area contributed by atoms with Gasteiger partial charge in [-0.1, -0.05) is 273 Å². The molecular weight excluding hydrogens is 1500 g/mol. The highest BCUT2D eigenvalue weighted by Crippen LogP contribution is 2.51. The number of aromatic nitrogens is 8. The number of para-hydroxylation sites is 7. The van der Waals surface area contributed by atoms with Crippen LogP contribution in [-0.4, -0.2) is 60.8 Å². The molecule has 22 rings (SSSR count). The Labute approximate surface area is 716 Å². The van der Waals surface area contributed by atoms with Crippen molar-refractivity contribution in [2.75, 3.05) is 28.9 Å². The fraction of sp³-hybridized carbons (Fsp3) is 0. The lowest BCUT2D eigenvalue weighted by molar-refractivity contribution is 1.15. The second-order valence-electron chi connectivity index (χ2n) is 30.1. The van der Waals surface area contributed by atoms with Crippen LogP contribution in [0.25, 0.3) is 77.9 Å². The van der Waals surface area contributed by atoms with Crippen molar-refractivity contribution in [2.45, 2.75) is 0 Å². The van der Waals surface area contributed by atoms with E-state index in [1.807, 2.05) is 80.2 Å². The number of pyridine rings is 2. The maximum Gasteiger partial charge on any atom is 0.420 e. The normalized spacial score (nSPS) is 12.4. The van der Waals surface area contributed by atoms with E-state index in [2.05, 4.69) is 439 Å². The van der Waals surface area contributed by atoms with Crippen molar-refractivity contribution in [3.8, 4) is 77.9 Å². The molecule has 0 unspecified atom stereocenters. The van der Waals surface area contributed by atoms with E-state index in [0.29, 0.717) is 0 Å². The van der Waals surface area contributed by atoms with Crippen LogP contribution in [0, 0.1) is 0 Å². The third-order valence-corrected chi connectivity index (χ3v) is 22.8. The summed E-state index contributed by atoms with van der Waals surface area (Å²) >= 11 is 0. The molecule has 19 aromatic rings. The molecule has 5 aromatic heterocycles. The maximum absolute atomic E-state index is 4.36. The van der Waals surface area contributed by atoms with Crippen LogP contribution < -0.4 is 45.3 Å². The summed E-state index contributed by atoms with van der Waals surface area (Å²) in [5, 5.41) is 0. The Hall–Kier alpha value is -16.4. The molecule has 0 saturated carbocycles. The van der Waals surface area contributed by atoms with E-state index >= 15 is 0 Å². The van der Waals surface area contributed by atoms with Crippen LogP contribution in [-0.2, 0) is 0 Å². The van der Waals surface area contributed by atoms with Crippen LogP contribution in [0.3, 0.4) is 0 Å². The minimum atomic E-state index is -0.110. The van der Waals surface area contributed by atoms with E-state index in [4.69, 9.17) is 0 Å². The Balaban J connectivity index is 0.000000118. The molecule has 123 heavy (non-hydrogen) atoms. The third kappa shape index (κ3) is 15.5. The summed E-state index contributed by atoms with van der Waals surface area (Å²) < 4.78 is 0. The number of benzene rings is 14. The first-order valence-electron chi connectivity index (χ1n) is 41.1. The largest absolute Gasteiger partial charge is 0.420 e. The number of anilines is 12. The van der Waals surface area contributed by atoms with Crippen LogP contribution in [0.1, 0.15) is 0 Å². The van der Waals surface area contributed by atoms with E-state index in [0.717, 1.165) is 101 Å². The fourth-order valence-corrected chi connectivity index (χ4v) is 17.0. The zero-order chi connectivity index (χ0) is 82.0. The minimum absolute atomic E-state index is 0.0966. The fourth-order valence-electron chi connectivity index (χ4n) is 17.0. The average Bonchev–Trinajstić information content (AvgIpc) is 1.59. The Morgan fingerprint density at radius 3 is 0.707 bits per heavy atom. The average molecular weight is 1580 g/mol. The maximum atomic E-state index is 4.36. The molecule has 17 heteroatoms. The van der Waals surface area contributed by atoms with Gasteiger partial charge in [0.1, 0.15) is 19.0 Å². The summed E-state index contributed by atoms with van der Waals surface area (Å²) in [6.45, 7) is -0.311. The van der Waals surface area contributed by atoms with Crippen LogP contribution >= 0.6 is 0 Å². The molecule has 3 aliphatic heterocycles. The van der Waals surface area contributed by atoms with Gasteiger partial charge in [0.15, 0.2) is 0 Å². The van der Waals surface area contributed by atoms with Gasteiger partial charge in [0.2, 0.25) is 0 Å². The van der Waals surface area contributed by atoms with Gasteiger partial charge in [0.25, 0.3) is 0 Å². The lowest BCUT2D eigenvalue weighted by Gasteiger charge is -2.30. The molecule has 14 aromatic carbocycles. The van der Waals surface area contributed by atoms with Gasteiger partial charge >= 0.3 is 20.9 Å². The highest BCUT2D eigenvalue weighted by Gasteiger charge is 2.47. The van der Waals surface area contributed by atoms with E-state index in [9.17, 15) is 0 Å². The van der Waals surface area contributed by atoms with Crippen LogP contribution in [0.15, 0.2) is 469 Å². The highest BCUT2D eigenvalue weighted by molar-refractivity contribution is 6.86. The Morgan fingerprint density at radius 1 is 0.146 bits per heavy atom. The quantitative estimate of drug-likeness (QED) is 0.0853. The molecule has 3 aliphatic rings. The molecule has 8 heterocycles. The van der Waals surface area contributed by atoms with Crippen molar-refractivity contribution in [3.63, 3.8) is 0 Å². The molecule has 0 atom stereocenters. The summed E-state index contributed by atoms with van der Waals surface area (Å²) in [6, 6.07) is 138. The topological polar surface area (TPSA) is 123 Å². The first kappa shape index (κ1) is 75.4. The molecule has 0 radical (unpaired) electrons. The molecule has 0 fully saturated rings. The predicted molar refractivity (Wildman–Crippen MR) is 507 cm³/mol. The van der Waals surface area contributed by atoms with Gasteiger partial charge in [-0.25, -0.2) is 29.9 Å². The summed E-state index contributed by atoms with van der Waals surface area (Å²) in [7, 11) is 0. The van der Waals surface area contributed by atoms with Gasteiger partial charge < -0.3 is 28.9 Å². The van der Waals surface area contributed by atoms with Crippen LogP contribution in [0.5, 0.6) is 0 Å². The van der Waals surface area contributed by atoms with Gasteiger partial charge in [-0.3, -0.25) is 9.97 Å². The Morgan fingerprint density at radius 2 is 0.382 bits per heavy atom. The number of nitrogens with zero attached hydrogens (tertiary/aromatic N) is 14. The zero-order valence-corrected chi connectivity index (χ0v) is 66.9. The van der Waals surface area contributed by atoms with Crippen molar-refractivity contribution in [2.24, 2.45) is 0 Å². The lowest BCUT2D eigenvalue weighted by Crippen LogP contribution is -2.53. The molecule has 580 valence electrons. The van der Waals surface area contributed by atoms with Gasteiger partial charge in [-0.05, 0) is 198 Å². The van der Waals surface area contributed by atoms with E-state index in [1.54, 1.807) is 19.0 Å². The Kier molecular flexibility index (Phi) is 21.2. The first-order valence-corrected chi connectivity index (χ1v) is 41.1. The summed E-state index contributed by atoms with van der Waals surface area (Å²) in [5.74, 6) is 0. The molecular formula is C106H77B3N14. The molecule has 0 aliphatic carbocycles. The lowest BCUT2D eigenvalue weighted by atomic mass is 9.64. The van der Waals surface area contributed by atoms with E-state index in [1.165, 1.54) is 61.1 Å². The van der Waals surface area contributed by atoms with Crippen LogP contribution in [0.4, 0.5) is 68.2 Å². The molecule has 0 amide bonds. The van der Waals surface area contributed by atoms with E-state index in [-0.39, 0.29) is 20.9 Å². The van der Waals surface area contributed by atoms with Gasteiger partial charge in [0, 0.05) is 89.1 Å². The summed E-state index contributed by atoms with van der Waals surface area (Å²) in [6.07, 6.45) is 23.3. The minimum Gasteiger partial charge on any atom is -0.360 e. The smallest absolute Gasteiger partial charge is 0.360 e. The van der Waals surface area contributed by atoms with Crippen molar-refractivity contribution in [3.05, 3.63) is 469 Å². The van der Waals surface area contributed by atoms with Crippen molar-refractivity contribution >= 4 is 106 Å². The first-order chi connectivity index (χ1) is 61.1. The molecule has 0 spiro atoms. The van der Waals surface area contributed by atoms with E-state index < -0.39 is 0 Å². The van der Waals surface area contributed by atoms with Crippen molar-refractivity contribution < 1.29 is 0 Å². The number of hydrogen-bond acceptors (Lipinski definition) is 14. The second kappa shape index (κ2) is 34.7. The van der Waals surface area contributed by atoms with Gasteiger partial charge in [-0.15, -0.1) is 0 Å². The van der Waals surface area contributed by atoms with Crippen molar-refractivity contribution in [1.82, 2.24) is 39.9 Å². The number of fused-ring (bicyclic) bond motifs is 3. The SMILES string of the molecule is c1ccc(-c2ccc(B3N(c4ccc(-c5ccccc5)cc4)c4ccccc4N3c3cncnc3)cc2)cc1.c1ccc(-c2ccc(B3N(c4ccc(-c5cccnc5)cc4)c4ccccc4N3c3ccc(-c4cccnc4)cc3)cc2)cc1.c1ccc(B2N(c3ccccc3)c3ccccc3N2c2cc(-c3cncnc3)cc(-c3cncnc3)c2)cc1. The molecule has 0 N–H and O–H groups in total. The monoisotopic (exact) mass is 1580 g/mol. The van der Waals surface area contributed by atoms with Crippen LogP contribution in [0.2, 0.25) is 0 Å². The summed E-state index contributed by atoms with van der Waals surface area (Å²) in [4.78, 5) is 49.0. The van der Waals surface area contributed by atoms with Gasteiger partial charge in [-0.2, -0.15) is 0 Å². The third-order valence-electron chi connectivity index (χ3n) is 22.8.